The highest BCUT2D eigenvalue weighted by Crippen LogP contribution is 2.28. The van der Waals surface area contributed by atoms with E-state index in [1.807, 2.05) is 24.4 Å². The largest absolute Gasteiger partial charge is 0.369 e. The van der Waals surface area contributed by atoms with Crippen LogP contribution in [0.1, 0.15) is 25.8 Å². The van der Waals surface area contributed by atoms with Gasteiger partial charge in [0.25, 0.3) is 0 Å². The van der Waals surface area contributed by atoms with Crippen LogP contribution >= 0.6 is 0 Å². The molecule has 0 saturated heterocycles. The van der Waals surface area contributed by atoms with Crippen LogP contribution < -0.4 is 10.6 Å². The molecule has 0 aliphatic carbocycles. The maximum absolute atomic E-state index is 11.9. The number of hydrogen-bond donors (Lipinski definition) is 2. The molecule has 1 aromatic carbocycles. The summed E-state index contributed by atoms with van der Waals surface area (Å²) in [6.45, 7) is 6.51. The summed E-state index contributed by atoms with van der Waals surface area (Å²) in [6.07, 6.45) is 5.74. The lowest BCUT2D eigenvalue weighted by Crippen LogP contribution is -2.31. The van der Waals surface area contributed by atoms with Gasteiger partial charge in [0, 0.05) is 37.0 Å². The number of imidazole rings is 1. The predicted octanol–water partition coefficient (Wildman–Crippen LogP) is 3.03. The van der Waals surface area contributed by atoms with E-state index in [4.69, 9.17) is 4.98 Å². The molecule has 2 N–H and O–H groups in total. The highest BCUT2D eigenvalue weighted by Gasteiger charge is 2.14. The summed E-state index contributed by atoms with van der Waals surface area (Å²) in [4.78, 5) is 20.7. The molecule has 25 heavy (non-hydrogen) atoms. The molecule has 0 aliphatic heterocycles. The highest BCUT2D eigenvalue weighted by atomic mass is 16.1. The number of fused-ring (bicyclic) bond motifs is 1. The molecule has 2 heterocycles. The molecule has 6 nitrogen and oxygen atoms in total. The molecule has 0 saturated carbocycles. The monoisotopic (exact) mass is 337 g/mol. The van der Waals surface area contributed by atoms with E-state index in [9.17, 15) is 4.79 Å². The zero-order valence-corrected chi connectivity index (χ0v) is 14.8. The number of nitrogens with zero attached hydrogens (tertiary/aromatic N) is 3. The summed E-state index contributed by atoms with van der Waals surface area (Å²) in [5.41, 5.74) is 3.86. The normalized spacial score (nSPS) is 11.0. The van der Waals surface area contributed by atoms with Crippen molar-refractivity contribution >= 4 is 17.4 Å². The van der Waals surface area contributed by atoms with Gasteiger partial charge in [-0.2, -0.15) is 0 Å². The second-order valence-electron chi connectivity index (χ2n) is 6.38. The van der Waals surface area contributed by atoms with Crippen LogP contribution in [0.2, 0.25) is 0 Å². The number of rotatable bonds is 6. The zero-order chi connectivity index (χ0) is 17.8. The third-order valence-corrected chi connectivity index (χ3v) is 3.85. The standard InChI is InChI=1S/C19H23N5O/c1-13(2)22-17(25)8-9-21-19-18(15-6-4-14(3)5-7-15)23-16-12-20-10-11-24(16)19/h4-7,10-13,21H,8-9H2,1-3H3,(H,22,25). The minimum atomic E-state index is 0.0369. The Kier molecular flexibility index (Phi) is 4.97. The summed E-state index contributed by atoms with van der Waals surface area (Å²) in [5, 5.41) is 6.27. The lowest BCUT2D eigenvalue weighted by atomic mass is 10.1. The molecule has 0 atom stereocenters. The SMILES string of the molecule is Cc1ccc(-c2nc3cnccn3c2NCCC(=O)NC(C)C)cc1. The molecule has 0 radical (unpaired) electrons. The Bertz CT molecular complexity index is 867. The number of aromatic nitrogens is 3. The van der Waals surface area contributed by atoms with Crippen LogP contribution in [0.15, 0.2) is 42.9 Å². The molecule has 0 aliphatic rings. The van der Waals surface area contributed by atoms with E-state index in [0.717, 1.165) is 22.7 Å². The molecular formula is C19H23N5O. The van der Waals surface area contributed by atoms with Gasteiger partial charge in [-0.1, -0.05) is 29.8 Å². The Labute approximate surface area is 147 Å². The van der Waals surface area contributed by atoms with E-state index in [0.29, 0.717) is 13.0 Å². The first-order chi connectivity index (χ1) is 12.0. The van der Waals surface area contributed by atoms with Crippen LogP contribution in [0.25, 0.3) is 16.9 Å². The van der Waals surface area contributed by atoms with Gasteiger partial charge in [0.1, 0.15) is 11.5 Å². The maximum Gasteiger partial charge on any atom is 0.221 e. The van der Waals surface area contributed by atoms with Crippen LogP contribution in [-0.4, -0.2) is 32.9 Å². The van der Waals surface area contributed by atoms with Crippen molar-refractivity contribution in [2.24, 2.45) is 0 Å². The number of amides is 1. The molecule has 3 aromatic rings. The maximum atomic E-state index is 11.9. The minimum absolute atomic E-state index is 0.0369. The van der Waals surface area contributed by atoms with Crippen LogP contribution in [0.5, 0.6) is 0 Å². The van der Waals surface area contributed by atoms with E-state index >= 15 is 0 Å². The predicted molar refractivity (Wildman–Crippen MR) is 99.5 cm³/mol. The number of carbonyl (C=O) groups is 1. The van der Waals surface area contributed by atoms with Gasteiger partial charge in [-0.25, -0.2) is 4.98 Å². The second-order valence-corrected chi connectivity index (χ2v) is 6.38. The molecule has 0 spiro atoms. The number of hydrogen-bond acceptors (Lipinski definition) is 4. The van der Waals surface area contributed by atoms with Crippen molar-refractivity contribution < 1.29 is 4.79 Å². The van der Waals surface area contributed by atoms with Crippen molar-refractivity contribution in [3.05, 3.63) is 48.4 Å². The van der Waals surface area contributed by atoms with Crippen LogP contribution in [0, 0.1) is 6.92 Å². The van der Waals surface area contributed by atoms with Crippen molar-refractivity contribution in [1.29, 1.82) is 0 Å². The molecule has 3 rings (SSSR count). The minimum Gasteiger partial charge on any atom is -0.369 e. The molecular weight excluding hydrogens is 314 g/mol. The Morgan fingerprint density at radius 2 is 2.00 bits per heavy atom. The van der Waals surface area contributed by atoms with Crippen molar-refractivity contribution in [2.45, 2.75) is 33.2 Å². The Balaban J connectivity index is 1.86. The fraction of sp³-hybridized carbons (Fsp3) is 0.316. The first-order valence-corrected chi connectivity index (χ1v) is 8.47. The van der Waals surface area contributed by atoms with Gasteiger partial charge in [0.05, 0.1) is 6.20 Å². The fourth-order valence-corrected chi connectivity index (χ4v) is 2.68. The summed E-state index contributed by atoms with van der Waals surface area (Å²) in [6, 6.07) is 8.40. The quantitative estimate of drug-likeness (QED) is 0.725. The van der Waals surface area contributed by atoms with Gasteiger partial charge in [-0.15, -0.1) is 0 Å². The number of aryl methyl sites for hydroxylation is 1. The third kappa shape index (κ3) is 3.96. The molecule has 130 valence electrons. The second kappa shape index (κ2) is 7.34. The van der Waals surface area contributed by atoms with Crippen LogP contribution in [-0.2, 0) is 4.79 Å². The summed E-state index contributed by atoms with van der Waals surface area (Å²) >= 11 is 0. The Morgan fingerprint density at radius 1 is 1.24 bits per heavy atom. The van der Waals surface area contributed by atoms with Gasteiger partial charge in [0.2, 0.25) is 5.91 Å². The van der Waals surface area contributed by atoms with Crippen molar-refractivity contribution in [1.82, 2.24) is 19.7 Å². The first-order valence-electron chi connectivity index (χ1n) is 8.47. The van der Waals surface area contributed by atoms with E-state index in [1.54, 1.807) is 12.4 Å². The Hall–Kier alpha value is -2.89. The molecule has 6 heteroatoms. The number of anilines is 1. The van der Waals surface area contributed by atoms with Gasteiger partial charge < -0.3 is 10.6 Å². The average molecular weight is 337 g/mol. The summed E-state index contributed by atoms with van der Waals surface area (Å²) < 4.78 is 1.96. The fourth-order valence-electron chi connectivity index (χ4n) is 2.68. The van der Waals surface area contributed by atoms with Crippen molar-refractivity contribution in [2.75, 3.05) is 11.9 Å². The van der Waals surface area contributed by atoms with Crippen LogP contribution in [0.3, 0.4) is 0 Å². The van der Waals surface area contributed by atoms with Crippen molar-refractivity contribution in [3.63, 3.8) is 0 Å². The lowest BCUT2D eigenvalue weighted by molar-refractivity contribution is -0.121. The number of benzene rings is 1. The van der Waals surface area contributed by atoms with E-state index in [2.05, 4.69) is 46.8 Å². The Morgan fingerprint density at radius 3 is 2.72 bits per heavy atom. The zero-order valence-electron chi connectivity index (χ0n) is 14.8. The summed E-state index contributed by atoms with van der Waals surface area (Å²) in [5.74, 6) is 0.911. The molecule has 2 aromatic heterocycles. The topological polar surface area (TPSA) is 71.3 Å². The first kappa shape index (κ1) is 17.0. The van der Waals surface area contributed by atoms with E-state index in [1.165, 1.54) is 5.56 Å². The molecule has 1 amide bonds. The van der Waals surface area contributed by atoms with Gasteiger partial charge in [-0.3, -0.25) is 14.2 Å². The van der Waals surface area contributed by atoms with Gasteiger partial charge >= 0.3 is 0 Å². The molecule has 0 fully saturated rings. The van der Waals surface area contributed by atoms with Crippen molar-refractivity contribution in [3.8, 4) is 11.3 Å². The van der Waals surface area contributed by atoms with E-state index < -0.39 is 0 Å². The number of nitrogens with one attached hydrogen (secondary N) is 2. The smallest absolute Gasteiger partial charge is 0.221 e. The van der Waals surface area contributed by atoms with Gasteiger partial charge in [0.15, 0.2) is 5.65 Å². The number of carbonyl (C=O) groups excluding carboxylic acids is 1. The van der Waals surface area contributed by atoms with Crippen LogP contribution in [0.4, 0.5) is 5.82 Å². The summed E-state index contributed by atoms with van der Waals surface area (Å²) in [7, 11) is 0. The molecule has 0 unspecified atom stereocenters. The molecule has 0 bridgehead atoms. The van der Waals surface area contributed by atoms with Gasteiger partial charge in [-0.05, 0) is 20.8 Å². The average Bonchev–Trinajstić information content (AvgIpc) is 2.94. The third-order valence-electron chi connectivity index (χ3n) is 3.85. The highest BCUT2D eigenvalue weighted by molar-refractivity contribution is 5.78. The van der Waals surface area contributed by atoms with E-state index in [-0.39, 0.29) is 11.9 Å². The lowest BCUT2D eigenvalue weighted by Gasteiger charge is -2.11.